The third-order valence-corrected chi connectivity index (χ3v) is 2.16. The van der Waals surface area contributed by atoms with Crippen LogP contribution in [-0.2, 0) is 11.3 Å². The van der Waals surface area contributed by atoms with Gasteiger partial charge in [-0.25, -0.2) is 0 Å². The van der Waals surface area contributed by atoms with Crippen LogP contribution in [-0.4, -0.2) is 8.76 Å². The Morgan fingerprint density at radius 1 is 1.46 bits per heavy atom. The van der Waals surface area contributed by atoms with E-state index in [4.69, 9.17) is 0 Å². The minimum absolute atomic E-state index is 0.404. The Balaban J connectivity index is 2.85. The van der Waals surface area contributed by atoms with E-state index >= 15 is 0 Å². The van der Waals surface area contributed by atoms with Crippen molar-refractivity contribution in [3.05, 3.63) is 29.8 Å². The fourth-order valence-electron chi connectivity index (χ4n) is 1.06. The van der Waals surface area contributed by atoms with E-state index < -0.39 is 11.3 Å². The van der Waals surface area contributed by atoms with Gasteiger partial charge in [0.05, 0.1) is 0 Å². The fraction of sp³-hybridized carbons (Fsp3) is 0.333. The first-order valence-electron chi connectivity index (χ1n) is 4.05. The van der Waals surface area contributed by atoms with Gasteiger partial charge in [-0.05, 0) is 23.6 Å². The zero-order valence-corrected chi connectivity index (χ0v) is 8.43. The molecule has 0 aliphatic rings. The lowest BCUT2D eigenvalue weighted by atomic mass is 10.0. The minimum atomic E-state index is -2.24. The molecule has 0 aliphatic carbocycles. The van der Waals surface area contributed by atoms with Crippen molar-refractivity contribution in [3.63, 3.8) is 0 Å². The summed E-state index contributed by atoms with van der Waals surface area (Å²) in [5, 5.41) is 0. The summed E-state index contributed by atoms with van der Waals surface area (Å²) >= 11 is -2.24. The van der Waals surface area contributed by atoms with Gasteiger partial charge < -0.3 is 9.27 Å². The molecule has 13 heavy (non-hydrogen) atoms. The number of rotatable bonds is 3. The first-order chi connectivity index (χ1) is 6.09. The van der Waals surface area contributed by atoms with Crippen molar-refractivity contribution in [2.24, 2.45) is 0 Å². The second-order valence-corrected chi connectivity index (χ2v) is 3.79. The number of benzene rings is 1. The molecule has 1 N–H and O–H groups in total. The maximum atomic E-state index is 10.3. The van der Waals surface area contributed by atoms with Crippen molar-refractivity contribution in [1.29, 1.82) is 0 Å². The zero-order chi connectivity index (χ0) is 9.84. The van der Waals surface area contributed by atoms with Gasteiger partial charge >= 0.3 is 0 Å². The Morgan fingerprint density at radius 3 is 2.69 bits per heavy atom. The van der Waals surface area contributed by atoms with Gasteiger partial charge in [-0.15, -0.1) is 0 Å². The van der Waals surface area contributed by atoms with Crippen molar-refractivity contribution >= 4 is 17.0 Å². The lowest BCUT2D eigenvalue weighted by Gasteiger charge is -2.11. The molecule has 0 radical (unpaired) electrons. The highest BCUT2D eigenvalue weighted by molar-refractivity contribution is 7.80. The molecule has 0 saturated carbocycles. The summed E-state index contributed by atoms with van der Waals surface area (Å²) in [7, 11) is 0. The number of anilines is 1. The van der Waals surface area contributed by atoms with Crippen LogP contribution in [0.1, 0.15) is 25.3 Å². The van der Waals surface area contributed by atoms with E-state index in [1.54, 1.807) is 6.07 Å². The van der Waals surface area contributed by atoms with Crippen molar-refractivity contribution in [2.75, 3.05) is 4.72 Å². The van der Waals surface area contributed by atoms with Gasteiger partial charge in [-0.3, -0.25) is 4.21 Å². The number of hydrogen-bond acceptors (Lipinski definition) is 2. The standard InChI is InChI=1S/C9H13NO2S/c1-7(2)8-4-3-5-9(6-8)10-13(11)12/h3-7,10H,1-2H3,(H,11,12)/p-1. The van der Waals surface area contributed by atoms with Crippen molar-refractivity contribution < 1.29 is 8.76 Å². The third kappa shape index (κ3) is 3.16. The van der Waals surface area contributed by atoms with Gasteiger partial charge in [0.25, 0.3) is 0 Å². The van der Waals surface area contributed by atoms with Crippen LogP contribution in [0.15, 0.2) is 24.3 Å². The molecule has 1 aromatic carbocycles. The van der Waals surface area contributed by atoms with Gasteiger partial charge in [0.2, 0.25) is 0 Å². The average molecular weight is 198 g/mol. The predicted octanol–water partition coefficient (Wildman–Crippen LogP) is 2.02. The Labute approximate surface area is 80.6 Å². The van der Waals surface area contributed by atoms with Crippen molar-refractivity contribution in [3.8, 4) is 0 Å². The minimum Gasteiger partial charge on any atom is -0.755 e. The molecule has 1 rings (SSSR count). The molecule has 0 aliphatic heterocycles. The molecular weight excluding hydrogens is 186 g/mol. The van der Waals surface area contributed by atoms with Crippen LogP contribution in [0, 0.1) is 0 Å². The molecule has 3 nitrogen and oxygen atoms in total. The summed E-state index contributed by atoms with van der Waals surface area (Å²) in [5.74, 6) is 0.404. The molecule has 72 valence electrons. The molecule has 1 atom stereocenters. The van der Waals surface area contributed by atoms with E-state index in [9.17, 15) is 8.76 Å². The van der Waals surface area contributed by atoms with Crippen molar-refractivity contribution in [2.45, 2.75) is 19.8 Å². The van der Waals surface area contributed by atoms with E-state index in [0.717, 1.165) is 5.56 Å². The molecule has 1 aromatic rings. The summed E-state index contributed by atoms with van der Waals surface area (Å²) in [5.41, 5.74) is 1.73. The topological polar surface area (TPSA) is 52.2 Å². The maximum Gasteiger partial charge on any atom is 0.0455 e. The molecule has 1 unspecified atom stereocenters. The highest BCUT2D eigenvalue weighted by Gasteiger charge is 1.99. The summed E-state index contributed by atoms with van der Waals surface area (Å²) in [6.45, 7) is 4.13. The SMILES string of the molecule is CC(C)c1cccc(NS(=O)[O-])c1. The Bertz CT molecular complexity index is 312. The van der Waals surface area contributed by atoms with Gasteiger partial charge in [0, 0.05) is 17.0 Å². The van der Waals surface area contributed by atoms with Gasteiger partial charge in [-0.2, -0.15) is 0 Å². The number of hydrogen-bond donors (Lipinski definition) is 1. The summed E-state index contributed by atoms with van der Waals surface area (Å²) in [6.07, 6.45) is 0. The van der Waals surface area contributed by atoms with Gasteiger partial charge in [0.1, 0.15) is 0 Å². The molecular formula is C9H12NO2S-. The summed E-state index contributed by atoms with van der Waals surface area (Å²) in [6, 6.07) is 7.37. The fourth-order valence-corrected chi connectivity index (χ4v) is 1.38. The van der Waals surface area contributed by atoms with Gasteiger partial charge in [-0.1, -0.05) is 26.0 Å². The second-order valence-electron chi connectivity index (χ2n) is 3.12. The summed E-state index contributed by atoms with van der Waals surface area (Å²) in [4.78, 5) is 0. The largest absolute Gasteiger partial charge is 0.755 e. The average Bonchev–Trinajstić information content (AvgIpc) is 2.03. The van der Waals surface area contributed by atoms with E-state index in [0.29, 0.717) is 11.6 Å². The lowest BCUT2D eigenvalue weighted by Crippen LogP contribution is -2.02. The molecule has 0 heterocycles. The second kappa shape index (κ2) is 4.39. The van der Waals surface area contributed by atoms with Crippen LogP contribution >= 0.6 is 0 Å². The lowest BCUT2D eigenvalue weighted by molar-refractivity contribution is 0.542. The monoisotopic (exact) mass is 198 g/mol. The molecule has 0 saturated heterocycles. The van der Waals surface area contributed by atoms with Crippen LogP contribution < -0.4 is 4.72 Å². The highest BCUT2D eigenvalue weighted by Crippen LogP contribution is 2.18. The normalized spacial score (nSPS) is 12.9. The van der Waals surface area contributed by atoms with E-state index in [-0.39, 0.29) is 0 Å². The van der Waals surface area contributed by atoms with Gasteiger partial charge in [0.15, 0.2) is 0 Å². The van der Waals surface area contributed by atoms with E-state index in [1.165, 1.54) is 0 Å². The molecule has 0 fully saturated rings. The van der Waals surface area contributed by atoms with Crippen LogP contribution in [0.5, 0.6) is 0 Å². The Morgan fingerprint density at radius 2 is 2.15 bits per heavy atom. The summed E-state index contributed by atoms with van der Waals surface area (Å²) < 4.78 is 23.0. The first kappa shape index (κ1) is 10.2. The number of nitrogens with one attached hydrogen (secondary N) is 1. The van der Waals surface area contributed by atoms with Crippen LogP contribution in [0.2, 0.25) is 0 Å². The Hall–Kier alpha value is -0.870. The first-order valence-corrected chi connectivity index (χ1v) is 5.13. The van der Waals surface area contributed by atoms with Crippen LogP contribution in [0.3, 0.4) is 0 Å². The van der Waals surface area contributed by atoms with E-state index in [1.807, 2.05) is 18.2 Å². The highest BCUT2D eigenvalue weighted by atomic mass is 32.2. The predicted molar refractivity (Wildman–Crippen MR) is 53.1 cm³/mol. The molecule has 0 bridgehead atoms. The molecule has 4 heteroatoms. The zero-order valence-electron chi connectivity index (χ0n) is 7.61. The maximum absolute atomic E-state index is 10.3. The van der Waals surface area contributed by atoms with E-state index in [2.05, 4.69) is 18.6 Å². The quantitative estimate of drug-likeness (QED) is 0.755. The molecule has 0 aromatic heterocycles. The smallest absolute Gasteiger partial charge is 0.0455 e. The molecule has 0 amide bonds. The Kier molecular flexibility index (Phi) is 3.45. The van der Waals surface area contributed by atoms with Crippen LogP contribution in [0.4, 0.5) is 5.69 Å². The van der Waals surface area contributed by atoms with Crippen molar-refractivity contribution in [1.82, 2.24) is 0 Å². The third-order valence-electron chi connectivity index (χ3n) is 1.75. The molecule has 0 spiro atoms. The van der Waals surface area contributed by atoms with Crippen LogP contribution in [0.25, 0.3) is 0 Å².